The van der Waals surface area contributed by atoms with Gasteiger partial charge >= 0.3 is 11.9 Å². The molecule has 0 saturated carbocycles. The van der Waals surface area contributed by atoms with Gasteiger partial charge < -0.3 is 9.47 Å². The molecule has 4 aromatic rings. The molecule has 7 heteroatoms. The first-order chi connectivity index (χ1) is 14.5. The second-order valence-corrected chi connectivity index (χ2v) is 6.73. The van der Waals surface area contributed by atoms with Crippen molar-refractivity contribution in [1.29, 1.82) is 0 Å². The van der Waals surface area contributed by atoms with E-state index in [4.69, 9.17) is 9.47 Å². The lowest BCUT2D eigenvalue weighted by molar-refractivity contribution is 0.0585. The number of rotatable bonds is 4. The van der Waals surface area contributed by atoms with Crippen LogP contribution in [0.2, 0.25) is 0 Å². The van der Waals surface area contributed by atoms with Crippen LogP contribution in [0.1, 0.15) is 26.5 Å². The second-order valence-electron chi connectivity index (χ2n) is 6.73. The summed E-state index contributed by atoms with van der Waals surface area (Å²) < 4.78 is 26.9. The molecule has 30 heavy (non-hydrogen) atoms. The number of ether oxygens (including phenoxy) is 2. The van der Waals surface area contributed by atoms with E-state index in [1.54, 1.807) is 40.5 Å². The lowest BCUT2D eigenvalue weighted by Crippen LogP contribution is -2.19. The van der Waals surface area contributed by atoms with E-state index < -0.39 is 11.9 Å². The highest BCUT2D eigenvalue weighted by Crippen LogP contribution is 2.31. The summed E-state index contributed by atoms with van der Waals surface area (Å²) in [6.07, 6.45) is 0. The third kappa shape index (κ3) is 3.04. The summed E-state index contributed by atoms with van der Waals surface area (Å²) in [7, 11) is 2.62. The van der Waals surface area contributed by atoms with Crippen LogP contribution in [-0.2, 0) is 9.47 Å². The van der Waals surface area contributed by atoms with Gasteiger partial charge in [0.15, 0.2) is 0 Å². The molecule has 0 unspecified atom stereocenters. The number of methoxy groups -OCH3 is 2. The van der Waals surface area contributed by atoms with Crippen LogP contribution in [0.3, 0.4) is 0 Å². The van der Waals surface area contributed by atoms with Crippen molar-refractivity contribution in [2.24, 2.45) is 0 Å². The van der Waals surface area contributed by atoms with Gasteiger partial charge in [0.25, 0.3) is 0 Å². The zero-order valence-corrected chi connectivity index (χ0v) is 16.7. The van der Waals surface area contributed by atoms with Crippen LogP contribution >= 0.6 is 0 Å². The SMILES string of the molecule is COC(=O)c1cc(-c2ccc(F)cc2)n(-n2c(C(=O)OC)cc3ccccc32)c1C. The van der Waals surface area contributed by atoms with E-state index in [-0.39, 0.29) is 11.5 Å². The summed E-state index contributed by atoms with van der Waals surface area (Å²) in [6, 6.07) is 16.8. The molecular weight excluding hydrogens is 387 g/mol. The van der Waals surface area contributed by atoms with E-state index in [9.17, 15) is 14.0 Å². The standard InChI is InChI=1S/C23H19FN2O4/c1-14-18(22(27)29-2)13-20(15-8-10-17(24)11-9-15)25(14)26-19-7-5-4-6-16(19)12-21(26)23(28)30-3/h4-13H,1-3H3. The van der Waals surface area contributed by atoms with Crippen LogP contribution < -0.4 is 0 Å². The van der Waals surface area contributed by atoms with Crippen molar-refractivity contribution in [3.63, 3.8) is 0 Å². The third-order valence-corrected chi connectivity index (χ3v) is 5.04. The van der Waals surface area contributed by atoms with E-state index >= 15 is 0 Å². The monoisotopic (exact) mass is 406 g/mol. The van der Waals surface area contributed by atoms with Crippen LogP contribution in [0.25, 0.3) is 22.2 Å². The Morgan fingerprint density at radius 2 is 1.53 bits per heavy atom. The first-order valence-corrected chi connectivity index (χ1v) is 9.22. The Balaban J connectivity index is 2.10. The van der Waals surface area contributed by atoms with E-state index in [0.717, 1.165) is 10.9 Å². The number of benzene rings is 2. The highest BCUT2D eigenvalue weighted by molar-refractivity contribution is 5.96. The summed E-state index contributed by atoms with van der Waals surface area (Å²) in [5.74, 6) is -1.40. The van der Waals surface area contributed by atoms with Crippen LogP contribution in [-0.4, -0.2) is 35.5 Å². The minimum Gasteiger partial charge on any atom is -0.465 e. The number of carbonyl (C=O) groups is 2. The molecule has 4 rings (SSSR count). The molecule has 152 valence electrons. The van der Waals surface area contributed by atoms with Gasteiger partial charge in [0.05, 0.1) is 36.7 Å². The fourth-order valence-electron chi connectivity index (χ4n) is 3.60. The summed E-state index contributed by atoms with van der Waals surface area (Å²) in [6.45, 7) is 1.76. The lowest BCUT2D eigenvalue weighted by Gasteiger charge is -2.17. The third-order valence-electron chi connectivity index (χ3n) is 5.04. The molecular formula is C23H19FN2O4. The molecule has 0 aliphatic carbocycles. The van der Waals surface area contributed by atoms with Gasteiger partial charge in [0.1, 0.15) is 11.5 Å². The number of esters is 2. The highest BCUT2D eigenvalue weighted by atomic mass is 19.1. The maximum absolute atomic E-state index is 13.5. The number of para-hydroxylation sites is 1. The maximum Gasteiger partial charge on any atom is 0.356 e. The first-order valence-electron chi connectivity index (χ1n) is 9.22. The predicted octanol–water partition coefficient (Wildman–Crippen LogP) is 4.44. The molecule has 0 spiro atoms. The fraction of sp³-hybridized carbons (Fsp3) is 0.130. The summed E-state index contributed by atoms with van der Waals surface area (Å²) in [5.41, 5.74) is 3.20. The Kier molecular flexibility index (Phi) is 4.87. The molecule has 0 aliphatic rings. The van der Waals surface area contributed by atoms with E-state index in [1.165, 1.54) is 26.4 Å². The van der Waals surface area contributed by atoms with Crippen molar-refractivity contribution < 1.29 is 23.5 Å². The quantitative estimate of drug-likeness (QED) is 0.470. The minimum absolute atomic E-state index is 0.289. The van der Waals surface area contributed by atoms with Gasteiger partial charge in [-0.2, -0.15) is 0 Å². The first kappa shape index (κ1) is 19.4. The van der Waals surface area contributed by atoms with E-state index in [2.05, 4.69) is 0 Å². The number of carbonyl (C=O) groups excluding carboxylic acids is 2. The summed E-state index contributed by atoms with van der Waals surface area (Å²) in [4.78, 5) is 25.0. The summed E-state index contributed by atoms with van der Waals surface area (Å²) in [5, 5.41) is 0.829. The Labute approximate surface area is 172 Å². The molecule has 2 aromatic carbocycles. The average Bonchev–Trinajstić information content (AvgIpc) is 3.30. The molecule has 0 radical (unpaired) electrons. The summed E-state index contributed by atoms with van der Waals surface area (Å²) >= 11 is 0. The molecule has 6 nitrogen and oxygen atoms in total. The Hall–Kier alpha value is -3.87. The van der Waals surface area contributed by atoms with Crippen LogP contribution in [0, 0.1) is 12.7 Å². The van der Waals surface area contributed by atoms with Crippen molar-refractivity contribution in [2.75, 3.05) is 14.2 Å². The Morgan fingerprint density at radius 3 is 2.20 bits per heavy atom. The van der Waals surface area contributed by atoms with Crippen LogP contribution in [0.4, 0.5) is 4.39 Å². The zero-order chi connectivity index (χ0) is 21.4. The second kappa shape index (κ2) is 7.51. The molecule has 0 atom stereocenters. The van der Waals surface area contributed by atoms with Gasteiger partial charge in [-0.3, -0.25) is 4.68 Å². The smallest absolute Gasteiger partial charge is 0.356 e. The van der Waals surface area contributed by atoms with Crippen molar-refractivity contribution in [1.82, 2.24) is 9.35 Å². The van der Waals surface area contributed by atoms with Crippen molar-refractivity contribution in [3.8, 4) is 11.3 Å². The lowest BCUT2D eigenvalue weighted by atomic mass is 10.1. The van der Waals surface area contributed by atoms with Crippen LogP contribution in [0.5, 0.6) is 0 Å². The van der Waals surface area contributed by atoms with Gasteiger partial charge in [-0.05, 0) is 49.4 Å². The number of hydrogen-bond acceptors (Lipinski definition) is 4. The number of nitrogens with zero attached hydrogens (tertiary/aromatic N) is 2. The number of halogens is 1. The minimum atomic E-state index is -0.524. The van der Waals surface area contributed by atoms with Gasteiger partial charge in [-0.25, -0.2) is 18.7 Å². The van der Waals surface area contributed by atoms with Gasteiger partial charge in [-0.1, -0.05) is 18.2 Å². The average molecular weight is 406 g/mol. The normalized spacial score (nSPS) is 10.9. The van der Waals surface area contributed by atoms with Crippen molar-refractivity contribution >= 4 is 22.8 Å². The van der Waals surface area contributed by atoms with E-state index in [1.807, 2.05) is 24.3 Å². The molecule has 2 aromatic heterocycles. The van der Waals surface area contributed by atoms with Gasteiger partial charge in [0.2, 0.25) is 0 Å². The highest BCUT2D eigenvalue weighted by Gasteiger charge is 2.25. The molecule has 0 amide bonds. The fourth-order valence-corrected chi connectivity index (χ4v) is 3.60. The maximum atomic E-state index is 13.5. The van der Waals surface area contributed by atoms with Gasteiger partial charge in [-0.15, -0.1) is 0 Å². The van der Waals surface area contributed by atoms with Crippen molar-refractivity contribution in [2.45, 2.75) is 6.92 Å². The topological polar surface area (TPSA) is 62.5 Å². The van der Waals surface area contributed by atoms with Crippen LogP contribution in [0.15, 0.2) is 60.7 Å². The number of aromatic nitrogens is 2. The van der Waals surface area contributed by atoms with Gasteiger partial charge in [0, 0.05) is 10.9 Å². The Morgan fingerprint density at radius 1 is 0.867 bits per heavy atom. The zero-order valence-electron chi connectivity index (χ0n) is 16.7. The molecule has 2 heterocycles. The number of hydrogen-bond donors (Lipinski definition) is 0. The molecule has 0 fully saturated rings. The van der Waals surface area contributed by atoms with Crippen molar-refractivity contribution in [3.05, 3.63) is 83.4 Å². The largest absolute Gasteiger partial charge is 0.465 e. The number of fused-ring (bicyclic) bond motifs is 1. The molecule has 0 bridgehead atoms. The molecule has 0 saturated heterocycles. The Bertz CT molecular complexity index is 1270. The van der Waals surface area contributed by atoms with E-state index in [0.29, 0.717) is 22.5 Å². The predicted molar refractivity (Wildman–Crippen MR) is 110 cm³/mol. The molecule has 0 N–H and O–H groups in total. The molecule has 0 aliphatic heterocycles.